The summed E-state index contributed by atoms with van der Waals surface area (Å²) < 4.78 is 13.3. The molecular weight excluding hydrogens is 540 g/mol. The molecule has 9 nitrogen and oxygen atoms in total. The standard InChI is InChI=1S/C24H18BrClN4O5/c1-14-28-21-7-6-17(25)10-20(21)24(31)29(14)27-12-16-9-18(26)11-22(34-2)23(16)35-13-15-4-3-5-19(8-15)30(32)33/h3-12H,13H2,1-2H3. The highest BCUT2D eigenvalue weighted by Crippen LogP contribution is 2.34. The first kappa shape index (κ1) is 24.4. The zero-order valence-corrected chi connectivity index (χ0v) is 20.9. The van der Waals surface area contributed by atoms with Gasteiger partial charge >= 0.3 is 0 Å². The monoisotopic (exact) mass is 556 g/mol. The third-order valence-corrected chi connectivity index (χ3v) is 5.77. The van der Waals surface area contributed by atoms with Gasteiger partial charge < -0.3 is 9.47 Å². The number of fused-ring (bicyclic) bond motifs is 1. The maximum absolute atomic E-state index is 13.0. The molecule has 0 saturated heterocycles. The number of hydrogen-bond acceptors (Lipinski definition) is 7. The van der Waals surface area contributed by atoms with Crippen LogP contribution in [0.4, 0.5) is 5.69 Å². The lowest BCUT2D eigenvalue weighted by atomic mass is 10.2. The van der Waals surface area contributed by atoms with Crippen LogP contribution >= 0.6 is 27.5 Å². The van der Waals surface area contributed by atoms with Crippen LogP contribution in [-0.2, 0) is 6.61 Å². The molecule has 0 spiro atoms. The van der Waals surface area contributed by atoms with Crippen LogP contribution < -0.4 is 15.0 Å². The van der Waals surface area contributed by atoms with Crippen molar-refractivity contribution in [3.63, 3.8) is 0 Å². The fourth-order valence-electron chi connectivity index (χ4n) is 3.42. The predicted octanol–water partition coefficient (Wildman–Crippen LogP) is 5.50. The van der Waals surface area contributed by atoms with Crippen LogP contribution in [0.5, 0.6) is 11.5 Å². The number of nitro groups is 1. The smallest absolute Gasteiger partial charge is 0.282 e. The van der Waals surface area contributed by atoms with Crippen molar-refractivity contribution in [1.82, 2.24) is 9.66 Å². The molecule has 0 aliphatic heterocycles. The molecule has 1 aromatic heterocycles. The van der Waals surface area contributed by atoms with E-state index in [0.29, 0.717) is 44.4 Å². The van der Waals surface area contributed by atoms with Gasteiger partial charge in [-0.15, -0.1) is 0 Å². The second kappa shape index (κ2) is 10.2. The van der Waals surface area contributed by atoms with Gasteiger partial charge in [0.25, 0.3) is 11.2 Å². The molecule has 178 valence electrons. The van der Waals surface area contributed by atoms with Gasteiger partial charge in [0, 0.05) is 33.3 Å². The van der Waals surface area contributed by atoms with Gasteiger partial charge in [0.1, 0.15) is 12.4 Å². The number of aromatic nitrogens is 2. The zero-order valence-electron chi connectivity index (χ0n) is 18.6. The highest BCUT2D eigenvalue weighted by atomic mass is 79.9. The van der Waals surface area contributed by atoms with Crippen molar-refractivity contribution in [2.24, 2.45) is 5.10 Å². The van der Waals surface area contributed by atoms with E-state index in [4.69, 9.17) is 21.1 Å². The van der Waals surface area contributed by atoms with Gasteiger partial charge in [-0.05, 0) is 36.8 Å². The van der Waals surface area contributed by atoms with Gasteiger partial charge in [-0.25, -0.2) is 4.98 Å². The van der Waals surface area contributed by atoms with E-state index in [1.54, 1.807) is 43.3 Å². The number of rotatable bonds is 7. The number of halogens is 2. The molecule has 0 unspecified atom stereocenters. The van der Waals surface area contributed by atoms with Crippen LogP contribution in [0.1, 0.15) is 17.0 Å². The summed E-state index contributed by atoms with van der Waals surface area (Å²) in [7, 11) is 1.46. The molecular formula is C24H18BrClN4O5. The van der Waals surface area contributed by atoms with E-state index < -0.39 is 4.92 Å². The summed E-state index contributed by atoms with van der Waals surface area (Å²) in [6.07, 6.45) is 1.43. The highest BCUT2D eigenvalue weighted by Gasteiger charge is 2.14. The molecule has 1 heterocycles. The Morgan fingerprint density at radius 3 is 2.77 bits per heavy atom. The lowest BCUT2D eigenvalue weighted by molar-refractivity contribution is -0.384. The normalized spacial score (nSPS) is 11.2. The molecule has 0 radical (unpaired) electrons. The minimum Gasteiger partial charge on any atom is -0.493 e. The number of non-ortho nitro benzene ring substituents is 1. The summed E-state index contributed by atoms with van der Waals surface area (Å²) in [5, 5.41) is 16.2. The van der Waals surface area contributed by atoms with Crippen molar-refractivity contribution in [3.8, 4) is 11.5 Å². The zero-order chi connectivity index (χ0) is 25.1. The molecule has 11 heteroatoms. The molecule has 0 fully saturated rings. The summed E-state index contributed by atoms with van der Waals surface area (Å²) in [5.41, 5.74) is 1.22. The van der Waals surface area contributed by atoms with Gasteiger partial charge in [-0.2, -0.15) is 9.78 Å². The Balaban J connectivity index is 1.73. The van der Waals surface area contributed by atoms with E-state index in [1.165, 1.54) is 30.1 Å². The van der Waals surface area contributed by atoms with E-state index in [-0.39, 0.29) is 17.9 Å². The Bertz CT molecular complexity index is 1540. The molecule has 4 aromatic rings. The van der Waals surface area contributed by atoms with Gasteiger partial charge in [0.2, 0.25) is 0 Å². The molecule has 0 aliphatic carbocycles. The average molecular weight is 558 g/mol. The number of aryl methyl sites for hydroxylation is 1. The number of nitro benzene ring substituents is 1. The van der Waals surface area contributed by atoms with Gasteiger partial charge in [-0.1, -0.05) is 39.7 Å². The first-order valence-electron chi connectivity index (χ1n) is 10.2. The lowest BCUT2D eigenvalue weighted by Crippen LogP contribution is -2.20. The Labute approximate surface area is 212 Å². The van der Waals surface area contributed by atoms with E-state index >= 15 is 0 Å². The first-order valence-corrected chi connectivity index (χ1v) is 11.4. The largest absolute Gasteiger partial charge is 0.493 e. The van der Waals surface area contributed by atoms with Crippen molar-refractivity contribution < 1.29 is 14.4 Å². The lowest BCUT2D eigenvalue weighted by Gasteiger charge is -2.14. The minimum absolute atomic E-state index is 0.0328. The fraction of sp³-hybridized carbons (Fsp3) is 0.125. The summed E-state index contributed by atoms with van der Waals surface area (Å²) in [6, 6.07) is 14.6. The second-order valence-corrected chi connectivity index (χ2v) is 8.78. The van der Waals surface area contributed by atoms with E-state index in [1.807, 2.05) is 6.07 Å². The van der Waals surface area contributed by atoms with Crippen LogP contribution in [0.15, 0.2) is 69.0 Å². The first-order chi connectivity index (χ1) is 16.8. The van der Waals surface area contributed by atoms with E-state index in [0.717, 1.165) is 4.47 Å². The minimum atomic E-state index is -0.472. The molecule has 0 N–H and O–H groups in total. The van der Waals surface area contributed by atoms with Crippen molar-refractivity contribution in [2.45, 2.75) is 13.5 Å². The van der Waals surface area contributed by atoms with Gasteiger partial charge in [-0.3, -0.25) is 14.9 Å². The topological polar surface area (TPSA) is 109 Å². The van der Waals surface area contributed by atoms with Crippen molar-refractivity contribution in [3.05, 3.63) is 102 Å². The SMILES string of the molecule is COc1cc(Cl)cc(C=Nn2c(C)nc3ccc(Br)cc3c2=O)c1OCc1cccc([N+](=O)[O-])c1. The molecule has 35 heavy (non-hydrogen) atoms. The maximum Gasteiger partial charge on any atom is 0.282 e. The molecule has 0 bridgehead atoms. The molecule has 0 aliphatic rings. The van der Waals surface area contributed by atoms with Crippen molar-refractivity contribution in [1.29, 1.82) is 0 Å². The Hall–Kier alpha value is -3.76. The van der Waals surface area contributed by atoms with Gasteiger partial charge in [0.05, 0.1) is 29.2 Å². The molecule has 0 amide bonds. The van der Waals surface area contributed by atoms with Crippen molar-refractivity contribution in [2.75, 3.05) is 7.11 Å². The van der Waals surface area contributed by atoms with Crippen LogP contribution in [0.25, 0.3) is 10.9 Å². The quantitative estimate of drug-likeness (QED) is 0.169. The summed E-state index contributed by atoms with van der Waals surface area (Å²) in [5.74, 6) is 1.05. The third-order valence-electron chi connectivity index (χ3n) is 5.06. The predicted molar refractivity (Wildman–Crippen MR) is 137 cm³/mol. The fourth-order valence-corrected chi connectivity index (χ4v) is 4.00. The van der Waals surface area contributed by atoms with E-state index in [9.17, 15) is 14.9 Å². The number of methoxy groups -OCH3 is 1. The Kier molecular flexibility index (Phi) is 7.13. The second-order valence-electron chi connectivity index (χ2n) is 7.42. The summed E-state index contributed by atoms with van der Waals surface area (Å²) in [4.78, 5) is 28.1. The molecule has 0 atom stereocenters. The number of benzene rings is 3. The van der Waals surface area contributed by atoms with Crippen LogP contribution in [-0.4, -0.2) is 27.9 Å². The number of nitrogens with zero attached hydrogens (tertiary/aromatic N) is 4. The van der Waals surface area contributed by atoms with Crippen molar-refractivity contribution >= 4 is 50.3 Å². The van der Waals surface area contributed by atoms with E-state index in [2.05, 4.69) is 26.0 Å². The third kappa shape index (κ3) is 5.33. The van der Waals surface area contributed by atoms with Gasteiger partial charge in [0.15, 0.2) is 11.5 Å². The molecule has 3 aromatic carbocycles. The summed E-state index contributed by atoms with van der Waals surface area (Å²) in [6.45, 7) is 1.71. The Morgan fingerprint density at radius 1 is 1.23 bits per heavy atom. The van der Waals surface area contributed by atoms with Crippen LogP contribution in [0.3, 0.4) is 0 Å². The maximum atomic E-state index is 13.0. The molecule has 4 rings (SSSR count). The van der Waals surface area contributed by atoms with Crippen LogP contribution in [0.2, 0.25) is 5.02 Å². The molecule has 0 saturated carbocycles. The number of hydrogen-bond donors (Lipinski definition) is 0. The Morgan fingerprint density at radius 2 is 2.03 bits per heavy atom. The van der Waals surface area contributed by atoms with Crippen LogP contribution in [0, 0.1) is 17.0 Å². The average Bonchev–Trinajstić information content (AvgIpc) is 2.83. The number of ether oxygens (including phenoxy) is 2. The summed E-state index contributed by atoms with van der Waals surface area (Å²) >= 11 is 9.63. The highest BCUT2D eigenvalue weighted by molar-refractivity contribution is 9.10.